The van der Waals surface area contributed by atoms with Crippen LogP contribution < -0.4 is 14.4 Å². The van der Waals surface area contributed by atoms with Crippen molar-refractivity contribution in [2.45, 2.75) is 57.1 Å². The number of sulfonamides is 1. The van der Waals surface area contributed by atoms with Crippen LogP contribution in [-0.2, 0) is 32.6 Å². The van der Waals surface area contributed by atoms with Crippen LogP contribution in [0, 0.1) is 0 Å². The van der Waals surface area contributed by atoms with Gasteiger partial charge in [-0.05, 0) is 79.9 Å². The van der Waals surface area contributed by atoms with Crippen molar-refractivity contribution in [3.63, 3.8) is 0 Å². The van der Waals surface area contributed by atoms with E-state index in [1.807, 2.05) is 51.1 Å². The number of rotatable bonds is 15. The summed E-state index contributed by atoms with van der Waals surface area (Å²) in [5.41, 5.74) is 1.89. The van der Waals surface area contributed by atoms with Gasteiger partial charge in [0.15, 0.2) is 0 Å². The van der Waals surface area contributed by atoms with E-state index in [9.17, 15) is 18.0 Å². The van der Waals surface area contributed by atoms with Gasteiger partial charge in [0.1, 0.15) is 18.3 Å². The van der Waals surface area contributed by atoms with Gasteiger partial charge in [0.05, 0.1) is 17.2 Å². The zero-order valence-corrected chi connectivity index (χ0v) is 27.9. The molecule has 0 aliphatic heterocycles. The molecule has 0 fully saturated rings. The molecule has 0 spiro atoms. The van der Waals surface area contributed by atoms with Crippen molar-refractivity contribution in [3.05, 3.63) is 125 Å². The molecule has 242 valence electrons. The Bertz CT molecular complexity index is 1670. The minimum absolute atomic E-state index is 0.0382. The molecule has 0 aliphatic carbocycles. The van der Waals surface area contributed by atoms with Crippen molar-refractivity contribution in [1.29, 1.82) is 0 Å². The van der Waals surface area contributed by atoms with Crippen LogP contribution in [0.15, 0.2) is 114 Å². The summed E-state index contributed by atoms with van der Waals surface area (Å²) in [5.74, 6) is -0.286. The fraction of sp³-hybridized carbons (Fsp3) is 0.278. The fourth-order valence-electron chi connectivity index (χ4n) is 4.91. The van der Waals surface area contributed by atoms with E-state index in [0.717, 1.165) is 15.4 Å². The van der Waals surface area contributed by atoms with Crippen molar-refractivity contribution in [3.8, 4) is 5.75 Å². The standard InChI is InChI=1S/C36H40ClN3O5S/c1-4-27(3)38-36(42)34(24-28-12-8-6-9-13-28)39(25-29-16-18-30(37)19-17-29)35(41)26-40(31-20-22-32(23-21-31)45-5-2)46(43,44)33-14-10-7-11-15-33/h6-23,27,34H,4-5,24-26H2,1-3H3,(H,38,42)/t27-,34+/m1/s1. The predicted octanol–water partition coefficient (Wildman–Crippen LogP) is 6.49. The van der Waals surface area contributed by atoms with Crippen LogP contribution in [0.25, 0.3) is 0 Å². The van der Waals surface area contributed by atoms with Gasteiger partial charge in [-0.3, -0.25) is 13.9 Å². The third-order valence-corrected chi connectivity index (χ3v) is 9.62. The van der Waals surface area contributed by atoms with E-state index >= 15 is 0 Å². The van der Waals surface area contributed by atoms with Crippen molar-refractivity contribution >= 4 is 39.1 Å². The number of benzene rings is 4. The minimum atomic E-state index is -4.19. The molecule has 0 aliphatic rings. The maximum absolute atomic E-state index is 14.5. The highest BCUT2D eigenvalue weighted by molar-refractivity contribution is 7.92. The Morgan fingerprint density at radius 2 is 1.43 bits per heavy atom. The van der Waals surface area contributed by atoms with Gasteiger partial charge < -0.3 is 15.0 Å². The summed E-state index contributed by atoms with van der Waals surface area (Å²) in [6, 6.07) is 29.9. The molecule has 2 atom stereocenters. The molecule has 0 unspecified atom stereocenters. The highest BCUT2D eigenvalue weighted by Gasteiger charge is 2.35. The molecular weight excluding hydrogens is 622 g/mol. The van der Waals surface area contributed by atoms with Crippen molar-refractivity contribution in [1.82, 2.24) is 10.2 Å². The minimum Gasteiger partial charge on any atom is -0.494 e. The Labute approximate surface area is 277 Å². The molecule has 4 aromatic carbocycles. The first-order valence-electron chi connectivity index (χ1n) is 15.3. The number of carbonyl (C=O) groups excluding carboxylic acids is 2. The second-order valence-corrected chi connectivity index (χ2v) is 13.2. The van der Waals surface area contributed by atoms with Gasteiger partial charge in [0, 0.05) is 24.0 Å². The van der Waals surface area contributed by atoms with Crippen molar-refractivity contribution in [2.75, 3.05) is 17.5 Å². The smallest absolute Gasteiger partial charge is 0.264 e. The first-order chi connectivity index (χ1) is 22.1. The molecule has 0 aromatic heterocycles. The van der Waals surface area contributed by atoms with Crippen LogP contribution in [0.5, 0.6) is 5.75 Å². The van der Waals surface area contributed by atoms with Gasteiger partial charge >= 0.3 is 0 Å². The molecular formula is C36H40ClN3O5S. The summed E-state index contributed by atoms with van der Waals surface area (Å²) < 4.78 is 34.9. The van der Waals surface area contributed by atoms with E-state index in [1.54, 1.807) is 66.7 Å². The summed E-state index contributed by atoms with van der Waals surface area (Å²) in [6.07, 6.45) is 0.937. The Morgan fingerprint density at radius 3 is 2.02 bits per heavy atom. The molecule has 0 bridgehead atoms. The van der Waals surface area contributed by atoms with Crippen LogP contribution in [0.3, 0.4) is 0 Å². The molecule has 2 amide bonds. The third kappa shape index (κ3) is 9.11. The van der Waals surface area contributed by atoms with Crippen molar-refractivity contribution in [2.24, 2.45) is 0 Å². The normalized spacial score (nSPS) is 12.5. The highest BCUT2D eigenvalue weighted by Crippen LogP contribution is 2.27. The van der Waals surface area contributed by atoms with Gasteiger partial charge in [-0.2, -0.15) is 0 Å². The maximum Gasteiger partial charge on any atom is 0.264 e. The van der Waals surface area contributed by atoms with Crippen LogP contribution in [0.1, 0.15) is 38.3 Å². The Hall–Kier alpha value is -4.34. The quantitative estimate of drug-likeness (QED) is 0.157. The van der Waals surface area contributed by atoms with Gasteiger partial charge in [-0.1, -0.05) is 79.2 Å². The molecule has 0 heterocycles. The lowest BCUT2D eigenvalue weighted by Crippen LogP contribution is -2.54. The first-order valence-corrected chi connectivity index (χ1v) is 17.1. The van der Waals surface area contributed by atoms with Crippen molar-refractivity contribution < 1.29 is 22.7 Å². The van der Waals surface area contributed by atoms with Crippen LogP contribution >= 0.6 is 11.6 Å². The number of carbonyl (C=O) groups is 2. The van der Waals surface area contributed by atoms with E-state index in [1.165, 1.54) is 17.0 Å². The molecule has 46 heavy (non-hydrogen) atoms. The number of ether oxygens (including phenoxy) is 1. The van der Waals surface area contributed by atoms with Gasteiger partial charge in [0.25, 0.3) is 10.0 Å². The topological polar surface area (TPSA) is 96.0 Å². The van der Waals surface area contributed by atoms with E-state index in [-0.39, 0.29) is 35.5 Å². The second-order valence-electron chi connectivity index (χ2n) is 10.9. The second kappa shape index (κ2) is 16.3. The molecule has 4 aromatic rings. The molecule has 1 N–H and O–H groups in total. The maximum atomic E-state index is 14.5. The average molecular weight is 662 g/mol. The van der Waals surface area contributed by atoms with Gasteiger partial charge in [-0.15, -0.1) is 0 Å². The highest BCUT2D eigenvalue weighted by atomic mass is 35.5. The predicted molar refractivity (Wildman–Crippen MR) is 182 cm³/mol. The summed E-state index contributed by atoms with van der Waals surface area (Å²) in [5, 5.41) is 3.57. The van der Waals surface area contributed by atoms with Crippen LogP contribution in [-0.4, -0.2) is 50.4 Å². The number of anilines is 1. The first kappa shape index (κ1) is 34.5. The number of nitrogens with one attached hydrogen (secondary N) is 1. The Morgan fingerprint density at radius 1 is 0.826 bits per heavy atom. The molecule has 4 rings (SSSR count). The molecule has 8 nitrogen and oxygen atoms in total. The lowest BCUT2D eigenvalue weighted by molar-refractivity contribution is -0.140. The number of hydrogen-bond acceptors (Lipinski definition) is 5. The van der Waals surface area contributed by atoms with Gasteiger partial charge in [0.2, 0.25) is 11.8 Å². The van der Waals surface area contributed by atoms with Crippen LogP contribution in [0.4, 0.5) is 5.69 Å². The lowest BCUT2D eigenvalue weighted by Gasteiger charge is -2.34. The summed E-state index contributed by atoms with van der Waals surface area (Å²) in [6.45, 7) is 5.70. The monoisotopic (exact) mass is 661 g/mol. The fourth-order valence-corrected chi connectivity index (χ4v) is 6.47. The molecule has 0 saturated heterocycles. The van der Waals surface area contributed by atoms with E-state index in [0.29, 0.717) is 23.8 Å². The number of halogens is 1. The largest absolute Gasteiger partial charge is 0.494 e. The molecule has 10 heteroatoms. The Kier molecular flexibility index (Phi) is 12.2. The molecule has 0 saturated carbocycles. The number of amides is 2. The summed E-state index contributed by atoms with van der Waals surface area (Å²) >= 11 is 6.15. The number of hydrogen-bond donors (Lipinski definition) is 1. The van der Waals surface area contributed by atoms with Gasteiger partial charge in [-0.25, -0.2) is 8.42 Å². The zero-order valence-electron chi connectivity index (χ0n) is 26.3. The number of nitrogens with zero attached hydrogens (tertiary/aromatic N) is 2. The SMILES string of the molecule is CCOc1ccc(N(CC(=O)N(Cc2ccc(Cl)cc2)[C@@H](Cc2ccccc2)C(=O)N[C@H](C)CC)S(=O)(=O)c2ccccc2)cc1. The zero-order chi connectivity index (χ0) is 33.1. The van der Waals surface area contributed by atoms with Crippen LogP contribution in [0.2, 0.25) is 5.02 Å². The third-order valence-electron chi connectivity index (χ3n) is 7.58. The Balaban J connectivity index is 1.79. The van der Waals surface area contributed by atoms with E-state index < -0.39 is 28.5 Å². The van der Waals surface area contributed by atoms with E-state index in [2.05, 4.69) is 5.32 Å². The summed E-state index contributed by atoms with van der Waals surface area (Å²) in [7, 11) is -4.19. The molecule has 0 radical (unpaired) electrons. The lowest BCUT2D eigenvalue weighted by atomic mass is 10.0. The summed E-state index contributed by atoms with van der Waals surface area (Å²) in [4.78, 5) is 29.9. The average Bonchev–Trinajstić information content (AvgIpc) is 3.07. The van der Waals surface area contributed by atoms with E-state index in [4.69, 9.17) is 16.3 Å².